The summed E-state index contributed by atoms with van der Waals surface area (Å²) in [7, 11) is 2.16. The second-order valence-electron chi connectivity index (χ2n) is 6.26. The van der Waals surface area contributed by atoms with Crippen LogP contribution in [-0.4, -0.2) is 36.6 Å². The van der Waals surface area contributed by atoms with Gasteiger partial charge in [-0.1, -0.05) is 11.6 Å². The predicted molar refractivity (Wildman–Crippen MR) is 83.6 cm³/mol. The fourth-order valence-electron chi connectivity index (χ4n) is 3.86. The molecule has 0 radical (unpaired) electrons. The molecule has 1 heterocycles. The summed E-state index contributed by atoms with van der Waals surface area (Å²) in [5.74, 6) is 0.455. The Bertz CT molecular complexity index is 500. The van der Waals surface area contributed by atoms with E-state index in [1.54, 1.807) is 24.3 Å². The van der Waals surface area contributed by atoms with Gasteiger partial charge in [0.25, 0.3) is 0 Å². The summed E-state index contributed by atoms with van der Waals surface area (Å²) in [6.07, 6.45) is 5.96. The Morgan fingerprint density at radius 3 is 2.67 bits per heavy atom. The lowest BCUT2D eigenvalue weighted by molar-refractivity contribution is -0.0447. The van der Waals surface area contributed by atoms with Gasteiger partial charge in [-0.2, -0.15) is 0 Å². The van der Waals surface area contributed by atoms with Crippen molar-refractivity contribution in [3.05, 3.63) is 34.9 Å². The molecule has 3 rings (SSSR count). The van der Waals surface area contributed by atoms with Crippen molar-refractivity contribution in [1.29, 1.82) is 0 Å². The molecule has 3 nitrogen and oxygen atoms in total. The van der Waals surface area contributed by atoms with Crippen LogP contribution in [0.1, 0.15) is 42.5 Å². The van der Waals surface area contributed by atoms with Gasteiger partial charge in [-0.25, -0.2) is 4.79 Å². The van der Waals surface area contributed by atoms with Crippen molar-refractivity contribution in [2.45, 2.75) is 44.2 Å². The van der Waals surface area contributed by atoms with Gasteiger partial charge in [0.15, 0.2) is 0 Å². The van der Waals surface area contributed by atoms with Crippen LogP contribution in [0.2, 0.25) is 5.02 Å². The van der Waals surface area contributed by atoms with E-state index in [4.69, 9.17) is 16.3 Å². The number of nitrogens with zero attached hydrogens (tertiary/aromatic N) is 1. The normalized spacial score (nSPS) is 29.7. The number of carbonyl (C=O) groups excluding carboxylic acids is 1. The number of ether oxygens (including phenoxy) is 1. The summed E-state index contributed by atoms with van der Waals surface area (Å²) < 4.78 is 5.83. The minimum Gasteiger partial charge on any atom is -0.457 e. The van der Waals surface area contributed by atoms with Crippen LogP contribution in [0.15, 0.2) is 24.3 Å². The Morgan fingerprint density at radius 2 is 1.90 bits per heavy atom. The van der Waals surface area contributed by atoms with Crippen molar-refractivity contribution in [2.75, 3.05) is 13.6 Å². The minimum atomic E-state index is -0.226. The third-order valence-electron chi connectivity index (χ3n) is 4.86. The highest BCUT2D eigenvalue weighted by atomic mass is 35.5. The maximum Gasteiger partial charge on any atom is 0.338 e. The van der Waals surface area contributed by atoms with Crippen LogP contribution >= 0.6 is 11.6 Å². The van der Waals surface area contributed by atoms with Crippen molar-refractivity contribution in [3.8, 4) is 0 Å². The van der Waals surface area contributed by atoms with Crippen molar-refractivity contribution in [2.24, 2.45) is 5.92 Å². The van der Waals surface area contributed by atoms with E-state index in [1.807, 2.05) is 0 Å². The van der Waals surface area contributed by atoms with Gasteiger partial charge in [0.05, 0.1) is 5.56 Å². The third kappa shape index (κ3) is 3.24. The number of likely N-dealkylation sites (tertiary alicyclic amines) is 1. The number of likely N-dealkylation sites (N-methyl/N-ethyl adjacent to an activating group) is 1. The maximum absolute atomic E-state index is 12.3. The van der Waals surface area contributed by atoms with Crippen molar-refractivity contribution in [3.63, 3.8) is 0 Å². The van der Waals surface area contributed by atoms with Gasteiger partial charge in [-0.05, 0) is 75.9 Å². The molecule has 1 saturated carbocycles. The Morgan fingerprint density at radius 1 is 1.19 bits per heavy atom. The van der Waals surface area contributed by atoms with Gasteiger partial charge in [-0.15, -0.1) is 0 Å². The first kappa shape index (κ1) is 14.9. The van der Waals surface area contributed by atoms with Crippen LogP contribution in [0.3, 0.4) is 0 Å². The highest BCUT2D eigenvalue weighted by Gasteiger charge is 2.40. The molecule has 1 aliphatic heterocycles. The molecular formula is C17H22ClNO2. The van der Waals surface area contributed by atoms with E-state index >= 15 is 0 Å². The van der Waals surface area contributed by atoms with Crippen molar-refractivity contribution in [1.82, 2.24) is 4.90 Å². The predicted octanol–water partition coefficient (Wildman–Crippen LogP) is 3.76. The fourth-order valence-corrected chi connectivity index (χ4v) is 3.98. The molecule has 0 amide bonds. The average molecular weight is 308 g/mol. The summed E-state index contributed by atoms with van der Waals surface area (Å²) in [6.45, 7) is 1.11. The van der Waals surface area contributed by atoms with Crippen LogP contribution in [0.5, 0.6) is 0 Å². The van der Waals surface area contributed by atoms with Gasteiger partial charge in [0.2, 0.25) is 0 Å². The first-order valence-electron chi connectivity index (χ1n) is 7.82. The number of hydrogen-bond donors (Lipinski definition) is 0. The van der Waals surface area contributed by atoms with Crippen LogP contribution in [0.25, 0.3) is 0 Å². The smallest absolute Gasteiger partial charge is 0.338 e. The van der Waals surface area contributed by atoms with E-state index in [0.717, 1.165) is 19.4 Å². The van der Waals surface area contributed by atoms with Gasteiger partial charge < -0.3 is 4.74 Å². The summed E-state index contributed by atoms with van der Waals surface area (Å²) in [5, 5.41) is 0.635. The minimum absolute atomic E-state index is 0.0252. The van der Waals surface area contributed by atoms with Crippen molar-refractivity contribution < 1.29 is 9.53 Å². The van der Waals surface area contributed by atoms with E-state index in [9.17, 15) is 4.79 Å². The summed E-state index contributed by atoms with van der Waals surface area (Å²) in [6, 6.07) is 7.32. The number of benzene rings is 1. The first-order chi connectivity index (χ1) is 10.1. The molecule has 1 aromatic rings. The van der Waals surface area contributed by atoms with E-state index in [0.29, 0.717) is 22.5 Å². The number of hydrogen-bond acceptors (Lipinski definition) is 3. The number of fused-ring (bicyclic) bond motifs is 1. The number of esters is 1. The molecule has 21 heavy (non-hydrogen) atoms. The molecule has 0 bridgehead atoms. The summed E-state index contributed by atoms with van der Waals surface area (Å²) >= 11 is 5.86. The zero-order valence-corrected chi connectivity index (χ0v) is 13.2. The van der Waals surface area contributed by atoms with Gasteiger partial charge >= 0.3 is 5.97 Å². The molecule has 2 fully saturated rings. The van der Waals surface area contributed by atoms with Gasteiger partial charge in [0, 0.05) is 11.1 Å². The monoisotopic (exact) mass is 307 g/mol. The molecule has 0 aromatic heterocycles. The third-order valence-corrected chi connectivity index (χ3v) is 5.11. The van der Waals surface area contributed by atoms with Gasteiger partial charge in [0.1, 0.15) is 6.10 Å². The highest BCUT2D eigenvalue weighted by Crippen LogP contribution is 2.36. The second kappa shape index (κ2) is 6.37. The maximum atomic E-state index is 12.3. The zero-order valence-electron chi connectivity index (χ0n) is 12.4. The Balaban J connectivity index is 1.70. The Hall–Kier alpha value is -1.06. The molecule has 1 aliphatic carbocycles. The lowest BCUT2D eigenvalue weighted by atomic mass is 9.77. The average Bonchev–Trinajstić information content (AvgIpc) is 2.48. The fraction of sp³-hybridized carbons (Fsp3) is 0.588. The topological polar surface area (TPSA) is 29.5 Å². The molecule has 3 atom stereocenters. The number of piperidine rings is 1. The molecule has 2 aliphatic rings. The standard InChI is InChI=1S/C17H22ClNO2/c1-19-11-3-5-12-4-2-6-15(16(12)19)21-17(20)13-7-9-14(18)10-8-13/h7-10,12,15-16H,2-6,11H2,1H3. The van der Waals surface area contributed by atoms with E-state index in [2.05, 4.69) is 11.9 Å². The number of halogens is 1. The van der Waals surface area contributed by atoms with Crippen LogP contribution < -0.4 is 0 Å². The highest BCUT2D eigenvalue weighted by molar-refractivity contribution is 6.30. The summed E-state index contributed by atoms with van der Waals surface area (Å²) in [4.78, 5) is 14.7. The SMILES string of the molecule is CN1CCCC2CCCC(OC(=O)c3ccc(Cl)cc3)C21. The largest absolute Gasteiger partial charge is 0.457 e. The zero-order chi connectivity index (χ0) is 14.8. The molecule has 4 heteroatoms. The van der Waals surface area contributed by atoms with E-state index < -0.39 is 0 Å². The Labute approximate surface area is 131 Å². The molecule has 0 N–H and O–H groups in total. The lowest BCUT2D eigenvalue weighted by Gasteiger charge is -2.46. The van der Waals surface area contributed by atoms with E-state index in [-0.39, 0.29) is 12.1 Å². The number of carbonyl (C=O) groups is 1. The molecule has 114 valence electrons. The number of rotatable bonds is 2. The van der Waals surface area contributed by atoms with Crippen LogP contribution in [0.4, 0.5) is 0 Å². The van der Waals surface area contributed by atoms with Crippen molar-refractivity contribution >= 4 is 17.6 Å². The van der Waals surface area contributed by atoms with Gasteiger partial charge in [-0.3, -0.25) is 4.90 Å². The molecular weight excluding hydrogens is 286 g/mol. The quantitative estimate of drug-likeness (QED) is 0.779. The van der Waals surface area contributed by atoms with E-state index in [1.165, 1.54) is 19.3 Å². The molecule has 3 unspecified atom stereocenters. The van der Waals surface area contributed by atoms with Crippen LogP contribution in [0, 0.1) is 5.92 Å². The molecule has 1 saturated heterocycles. The summed E-state index contributed by atoms with van der Waals surface area (Å²) in [5.41, 5.74) is 0.583. The first-order valence-corrected chi connectivity index (χ1v) is 8.20. The lowest BCUT2D eigenvalue weighted by Crippen LogP contribution is -2.53. The second-order valence-corrected chi connectivity index (χ2v) is 6.69. The molecule has 0 spiro atoms. The Kier molecular flexibility index (Phi) is 4.51. The van der Waals surface area contributed by atoms with Crippen LogP contribution in [-0.2, 0) is 4.74 Å². The molecule has 1 aromatic carbocycles.